The van der Waals surface area contributed by atoms with Crippen molar-refractivity contribution in [1.29, 1.82) is 0 Å². The molecule has 3 aromatic rings. The number of nitrogens with one attached hydrogen (secondary N) is 2. The van der Waals surface area contributed by atoms with Crippen LogP contribution in [0.2, 0.25) is 0 Å². The second kappa shape index (κ2) is 9.05. The Kier molecular flexibility index (Phi) is 6.28. The lowest BCUT2D eigenvalue weighted by atomic mass is 10.2. The predicted molar refractivity (Wildman–Crippen MR) is 111 cm³/mol. The van der Waals surface area contributed by atoms with E-state index in [1.165, 1.54) is 18.4 Å². The third-order valence-electron chi connectivity index (χ3n) is 3.90. The normalized spacial score (nSPS) is 10.2. The molecular formula is C19H21N5O3S. The fourth-order valence-electron chi connectivity index (χ4n) is 2.57. The summed E-state index contributed by atoms with van der Waals surface area (Å²) >= 11 is 1.29. The molecule has 2 amide bonds. The first kappa shape index (κ1) is 19.4. The monoisotopic (exact) mass is 399 g/mol. The Labute approximate surface area is 167 Å². The van der Waals surface area contributed by atoms with Crippen LogP contribution in [0.1, 0.15) is 6.92 Å². The van der Waals surface area contributed by atoms with Gasteiger partial charge in [-0.2, -0.15) is 0 Å². The number of benzene rings is 2. The molecule has 0 spiro atoms. The zero-order chi connectivity index (χ0) is 19.9. The van der Waals surface area contributed by atoms with Gasteiger partial charge in [0.05, 0.1) is 19.9 Å². The summed E-state index contributed by atoms with van der Waals surface area (Å²) in [7, 11) is 3.09. The number of methoxy groups -OCH3 is 2. The molecule has 0 unspecified atom stereocenters. The predicted octanol–water partition coefficient (Wildman–Crippen LogP) is 4.36. The number of urea groups is 1. The van der Waals surface area contributed by atoms with Crippen molar-refractivity contribution in [2.24, 2.45) is 0 Å². The van der Waals surface area contributed by atoms with Gasteiger partial charge in [0.15, 0.2) is 0 Å². The quantitative estimate of drug-likeness (QED) is 0.614. The molecule has 0 saturated heterocycles. The number of nitrogens with zero attached hydrogens (tertiary/aromatic N) is 3. The number of anilines is 4. The Morgan fingerprint density at radius 2 is 1.86 bits per heavy atom. The van der Waals surface area contributed by atoms with Gasteiger partial charge in [0, 0.05) is 18.3 Å². The largest absolute Gasteiger partial charge is 0.497 e. The van der Waals surface area contributed by atoms with E-state index in [4.69, 9.17) is 9.47 Å². The van der Waals surface area contributed by atoms with Crippen molar-refractivity contribution in [3.63, 3.8) is 0 Å². The molecule has 0 fully saturated rings. The summed E-state index contributed by atoms with van der Waals surface area (Å²) < 4.78 is 10.5. The third-order valence-corrected chi connectivity index (χ3v) is 4.77. The minimum absolute atomic E-state index is 0.392. The fourth-order valence-corrected chi connectivity index (χ4v) is 3.40. The van der Waals surface area contributed by atoms with E-state index in [9.17, 15) is 4.79 Å². The minimum Gasteiger partial charge on any atom is -0.497 e. The molecule has 146 valence electrons. The number of aromatic nitrogens is 2. The van der Waals surface area contributed by atoms with Crippen molar-refractivity contribution < 1.29 is 14.3 Å². The second-order valence-electron chi connectivity index (χ2n) is 5.61. The van der Waals surface area contributed by atoms with Crippen LogP contribution in [0, 0.1) is 0 Å². The van der Waals surface area contributed by atoms with E-state index >= 15 is 0 Å². The number of para-hydroxylation sites is 1. The molecule has 0 radical (unpaired) electrons. The number of rotatable bonds is 7. The Hall–Kier alpha value is -3.33. The molecule has 3 rings (SSSR count). The second-order valence-corrected chi connectivity index (χ2v) is 6.57. The average Bonchev–Trinajstić information content (AvgIpc) is 3.17. The first-order valence-electron chi connectivity index (χ1n) is 8.60. The molecular weight excluding hydrogens is 378 g/mol. The molecule has 0 aliphatic heterocycles. The average molecular weight is 399 g/mol. The van der Waals surface area contributed by atoms with Crippen LogP contribution >= 0.6 is 11.3 Å². The number of ether oxygens (including phenoxy) is 2. The lowest BCUT2D eigenvalue weighted by molar-refractivity contribution is 0.262. The number of amides is 2. The third kappa shape index (κ3) is 4.49. The van der Waals surface area contributed by atoms with E-state index in [0.717, 1.165) is 12.2 Å². The van der Waals surface area contributed by atoms with Crippen molar-refractivity contribution in [3.05, 3.63) is 48.5 Å². The first-order valence-corrected chi connectivity index (χ1v) is 9.42. The van der Waals surface area contributed by atoms with Gasteiger partial charge in [-0.15, -0.1) is 10.2 Å². The summed E-state index contributed by atoms with van der Waals surface area (Å²) in [6, 6.07) is 14.6. The minimum atomic E-state index is -0.447. The Bertz CT molecular complexity index is 932. The van der Waals surface area contributed by atoms with E-state index < -0.39 is 6.03 Å². The molecule has 1 heterocycles. The summed E-state index contributed by atoms with van der Waals surface area (Å²) in [5.41, 5.74) is 1.50. The van der Waals surface area contributed by atoms with Gasteiger partial charge in [-0.1, -0.05) is 29.5 Å². The van der Waals surface area contributed by atoms with Crippen LogP contribution in [0.3, 0.4) is 0 Å². The number of hydrogen-bond acceptors (Lipinski definition) is 7. The molecule has 9 heteroatoms. The lowest BCUT2D eigenvalue weighted by Gasteiger charge is -2.18. The number of hydrogen-bond donors (Lipinski definition) is 2. The zero-order valence-corrected chi connectivity index (χ0v) is 16.6. The van der Waals surface area contributed by atoms with Crippen molar-refractivity contribution in [1.82, 2.24) is 10.2 Å². The van der Waals surface area contributed by atoms with Gasteiger partial charge in [-0.05, 0) is 31.2 Å². The van der Waals surface area contributed by atoms with Gasteiger partial charge in [0.2, 0.25) is 10.3 Å². The van der Waals surface area contributed by atoms with Crippen molar-refractivity contribution in [2.75, 3.05) is 36.3 Å². The summed E-state index contributed by atoms with van der Waals surface area (Å²) in [5.74, 6) is 1.13. The standard InChI is InChI=1S/C19H21N5O3S/c1-4-24(13-8-6-5-7-9-13)19-23-22-18(28-19)21-17(25)20-15-12-14(26-2)10-11-16(15)27-3/h5-12H,4H2,1-3H3,(H2,20,21,22,25). The molecule has 2 aromatic carbocycles. The number of carbonyl (C=O) groups is 1. The van der Waals surface area contributed by atoms with E-state index in [1.54, 1.807) is 25.3 Å². The first-order chi connectivity index (χ1) is 13.6. The van der Waals surface area contributed by atoms with Gasteiger partial charge in [0.25, 0.3) is 0 Å². The van der Waals surface area contributed by atoms with E-state index in [1.807, 2.05) is 42.2 Å². The van der Waals surface area contributed by atoms with E-state index in [0.29, 0.717) is 27.4 Å². The zero-order valence-electron chi connectivity index (χ0n) is 15.8. The highest BCUT2D eigenvalue weighted by atomic mass is 32.1. The summed E-state index contributed by atoms with van der Waals surface area (Å²) in [4.78, 5) is 14.4. The Morgan fingerprint density at radius 1 is 1.07 bits per heavy atom. The Balaban J connectivity index is 1.71. The summed E-state index contributed by atoms with van der Waals surface area (Å²) in [5, 5.41) is 14.8. The van der Waals surface area contributed by atoms with Crippen LogP contribution in [0.4, 0.5) is 26.4 Å². The van der Waals surface area contributed by atoms with Gasteiger partial charge in [0.1, 0.15) is 11.5 Å². The maximum absolute atomic E-state index is 12.4. The fraction of sp³-hybridized carbons (Fsp3) is 0.211. The molecule has 0 atom stereocenters. The van der Waals surface area contributed by atoms with Gasteiger partial charge in [-0.25, -0.2) is 4.79 Å². The Morgan fingerprint density at radius 3 is 2.54 bits per heavy atom. The summed E-state index contributed by atoms with van der Waals surface area (Å²) in [6.45, 7) is 2.76. The van der Waals surface area contributed by atoms with Crippen LogP contribution < -0.4 is 25.0 Å². The molecule has 8 nitrogen and oxygen atoms in total. The molecule has 0 bridgehead atoms. The molecule has 28 heavy (non-hydrogen) atoms. The highest BCUT2D eigenvalue weighted by Crippen LogP contribution is 2.31. The highest BCUT2D eigenvalue weighted by molar-refractivity contribution is 7.19. The lowest BCUT2D eigenvalue weighted by Crippen LogP contribution is -2.19. The molecule has 2 N–H and O–H groups in total. The van der Waals surface area contributed by atoms with E-state index in [2.05, 4.69) is 20.8 Å². The molecule has 0 saturated carbocycles. The maximum atomic E-state index is 12.4. The molecule has 1 aromatic heterocycles. The topological polar surface area (TPSA) is 88.6 Å². The van der Waals surface area contributed by atoms with Crippen LogP contribution in [0.5, 0.6) is 11.5 Å². The van der Waals surface area contributed by atoms with Gasteiger partial charge < -0.3 is 19.7 Å². The van der Waals surface area contributed by atoms with Crippen LogP contribution in [0.15, 0.2) is 48.5 Å². The highest BCUT2D eigenvalue weighted by Gasteiger charge is 2.15. The SMILES string of the molecule is CCN(c1ccccc1)c1nnc(NC(=O)Nc2cc(OC)ccc2OC)s1. The maximum Gasteiger partial charge on any atom is 0.325 e. The number of carbonyl (C=O) groups excluding carboxylic acids is 1. The molecule has 0 aliphatic carbocycles. The van der Waals surface area contributed by atoms with Crippen LogP contribution in [0.25, 0.3) is 0 Å². The smallest absolute Gasteiger partial charge is 0.325 e. The van der Waals surface area contributed by atoms with Gasteiger partial charge in [-0.3, -0.25) is 5.32 Å². The van der Waals surface area contributed by atoms with Gasteiger partial charge >= 0.3 is 6.03 Å². The van der Waals surface area contributed by atoms with Crippen molar-refractivity contribution >= 4 is 39.0 Å². The van der Waals surface area contributed by atoms with Crippen LogP contribution in [-0.4, -0.2) is 37.0 Å². The van der Waals surface area contributed by atoms with Crippen LogP contribution in [-0.2, 0) is 0 Å². The van der Waals surface area contributed by atoms with Crippen molar-refractivity contribution in [3.8, 4) is 11.5 Å². The summed E-state index contributed by atoms with van der Waals surface area (Å²) in [6.07, 6.45) is 0. The molecule has 0 aliphatic rings. The van der Waals surface area contributed by atoms with Crippen molar-refractivity contribution in [2.45, 2.75) is 6.92 Å². The van der Waals surface area contributed by atoms with E-state index in [-0.39, 0.29) is 0 Å².